The summed E-state index contributed by atoms with van der Waals surface area (Å²) in [6.07, 6.45) is 1.97. The molecule has 0 N–H and O–H groups in total. The zero-order valence-corrected chi connectivity index (χ0v) is 22.5. The standard InChI is InChI=1S/C30H38O3S/c1-9-30(10-2,23-12-14-25(20(4)16-23)33-19-28(31)29(6,7)8)24-13-15-26-22(17-24)18-27(34-26)21(5)32-11-3/h12-18H,5,9-11,19H2,1-4,6-8H3. The number of Topliss-reactive ketones (excluding diaryl/α,β-unsaturated/α-hetero) is 1. The molecule has 0 fully saturated rings. The molecule has 3 aromatic rings. The van der Waals surface area contributed by atoms with Crippen molar-refractivity contribution in [2.24, 2.45) is 5.41 Å². The summed E-state index contributed by atoms with van der Waals surface area (Å²) in [5, 5.41) is 1.22. The molecule has 4 heteroatoms. The number of ketones is 1. The Hall–Kier alpha value is -2.59. The second-order valence-electron chi connectivity index (χ2n) is 9.95. The number of fused-ring (bicyclic) bond motifs is 1. The van der Waals surface area contributed by atoms with Crippen LogP contribution in [0.4, 0.5) is 0 Å². The number of benzene rings is 2. The third kappa shape index (κ3) is 5.22. The first-order chi connectivity index (χ1) is 16.1. The summed E-state index contributed by atoms with van der Waals surface area (Å²) in [6, 6.07) is 15.4. The molecule has 0 aliphatic carbocycles. The second-order valence-corrected chi connectivity index (χ2v) is 11.0. The van der Waals surface area contributed by atoms with Crippen molar-refractivity contribution in [1.29, 1.82) is 0 Å². The second kappa shape index (κ2) is 10.4. The predicted octanol–water partition coefficient (Wildman–Crippen LogP) is 8.32. The highest BCUT2D eigenvalue weighted by atomic mass is 32.1. The summed E-state index contributed by atoms with van der Waals surface area (Å²) < 4.78 is 12.8. The van der Waals surface area contributed by atoms with E-state index in [0.29, 0.717) is 6.61 Å². The van der Waals surface area contributed by atoms with Crippen LogP contribution in [-0.2, 0) is 14.9 Å². The van der Waals surface area contributed by atoms with Crippen LogP contribution >= 0.6 is 11.3 Å². The minimum absolute atomic E-state index is 0.0978. The van der Waals surface area contributed by atoms with Crippen LogP contribution in [0.2, 0.25) is 0 Å². The van der Waals surface area contributed by atoms with Crippen LogP contribution < -0.4 is 4.74 Å². The van der Waals surface area contributed by atoms with Crippen molar-refractivity contribution in [2.45, 2.75) is 66.7 Å². The Morgan fingerprint density at radius 3 is 2.21 bits per heavy atom. The van der Waals surface area contributed by atoms with Gasteiger partial charge in [0, 0.05) is 15.5 Å². The van der Waals surface area contributed by atoms with Gasteiger partial charge in [0.2, 0.25) is 0 Å². The van der Waals surface area contributed by atoms with Crippen molar-refractivity contribution >= 4 is 33.0 Å². The number of carbonyl (C=O) groups excluding carboxylic acids is 1. The molecule has 0 unspecified atom stereocenters. The van der Waals surface area contributed by atoms with Crippen molar-refractivity contribution < 1.29 is 14.3 Å². The van der Waals surface area contributed by atoms with Gasteiger partial charge in [-0.2, -0.15) is 0 Å². The summed E-state index contributed by atoms with van der Waals surface area (Å²) in [4.78, 5) is 13.4. The molecule has 0 saturated carbocycles. The minimum Gasteiger partial charge on any atom is -0.493 e. The first-order valence-electron chi connectivity index (χ1n) is 12.2. The lowest BCUT2D eigenvalue weighted by molar-refractivity contribution is -0.128. The Labute approximate surface area is 208 Å². The fourth-order valence-electron chi connectivity index (χ4n) is 4.43. The molecular weight excluding hydrogens is 440 g/mol. The predicted molar refractivity (Wildman–Crippen MR) is 145 cm³/mol. The Morgan fingerprint density at radius 1 is 0.971 bits per heavy atom. The molecule has 2 aromatic carbocycles. The number of carbonyl (C=O) groups is 1. The number of aryl methyl sites for hydroxylation is 1. The molecule has 0 atom stereocenters. The van der Waals surface area contributed by atoms with Crippen molar-refractivity contribution in [3.05, 3.63) is 70.6 Å². The van der Waals surface area contributed by atoms with E-state index in [1.807, 2.05) is 33.8 Å². The lowest BCUT2D eigenvalue weighted by Crippen LogP contribution is -2.27. The Morgan fingerprint density at radius 2 is 1.62 bits per heavy atom. The van der Waals surface area contributed by atoms with Crippen LogP contribution in [0.5, 0.6) is 5.75 Å². The average molecular weight is 479 g/mol. The zero-order valence-electron chi connectivity index (χ0n) is 21.7. The summed E-state index contributed by atoms with van der Waals surface area (Å²) in [5.74, 6) is 1.61. The number of hydrogen-bond donors (Lipinski definition) is 0. The van der Waals surface area contributed by atoms with E-state index < -0.39 is 5.41 Å². The summed E-state index contributed by atoms with van der Waals surface area (Å²) >= 11 is 1.72. The van der Waals surface area contributed by atoms with Gasteiger partial charge in [-0.15, -0.1) is 11.3 Å². The number of rotatable bonds is 10. The fourth-order valence-corrected chi connectivity index (χ4v) is 5.39. The molecule has 0 saturated heterocycles. The first-order valence-corrected chi connectivity index (χ1v) is 13.0. The van der Waals surface area contributed by atoms with Crippen molar-refractivity contribution in [1.82, 2.24) is 0 Å². The van der Waals surface area contributed by atoms with E-state index in [9.17, 15) is 4.79 Å². The summed E-state index contributed by atoms with van der Waals surface area (Å²) in [6.45, 7) is 19.1. The average Bonchev–Trinajstić information content (AvgIpc) is 3.23. The maximum Gasteiger partial charge on any atom is 0.175 e. The van der Waals surface area contributed by atoms with Gasteiger partial charge in [0.25, 0.3) is 0 Å². The Balaban J connectivity index is 1.95. The number of thiophene rings is 1. The Kier molecular flexibility index (Phi) is 7.92. The maximum atomic E-state index is 12.3. The van der Waals surface area contributed by atoms with Gasteiger partial charge in [0.15, 0.2) is 5.78 Å². The molecule has 0 aliphatic rings. The minimum atomic E-state index is -0.400. The molecular formula is C30H38O3S. The molecule has 1 aromatic heterocycles. The van der Waals surface area contributed by atoms with Gasteiger partial charge in [-0.3, -0.25) is 4.79 Å². The molecule has 0 amide bonds. The molecule has 0 aliphatic heterocycles. The van der Waals surface area contributed by atoms with E-state index in [1.165, 1.54) is 21.2 Å². The van der Waals surface area contributed by atoms with Crippen molar-refractivity contribution in [2.75, 3.05) is 13.2 Å². The molecule has 3 rings (SSSR count). The molecule has 1 heterocycles. The van der Waals surface area contributed by atoms with Crippen molar-refractivity contribution in [3.8, 4) is 5.75 Å². The van der Waals surface area contributed by atoms with Crippen LogP contribution in [0.25, 0.3) is 15.8 Å². The molecule has 0 bridgehead atoms. The van der Waals surface area contributed by atoms with Gasteiger partial charge in [0.1, 0.15) is 18.1 Å². The molecule has 0 radical (unpaired) electrons. The zero-order chi connectivity index (χ0) is 25.1. The third-order valence-corrected chi connectivity index (χ3v) is 7.95. The van der Waals surface area contributed by atoms with Crippen molar-refractivity contribution in [3.63, 3.8) is 0 Å². The van der Waals surface area contributed by atoms with Gasteiger partial charge in [-0.05, 0) is 73.0 Å². The largest absolute Gasteiger partial charge is 0.493 e. The molecule has 3 nitrogen and oxygen atoms in total. The highest BCUT2D eigenvalue weighted by Crippen LogP contribution is 2.42. The first kappa shape index (κ1) is 26.0. The van der Waals surface area contributed by atoms with Crippen LogP contribution in [0.3, 0.4) is 0 Å². The van der Waals surface area contributed by atoms with Gasteiger partial charge in [0.05, 0.1) is 11.5 Å². The summed E-state index contributed by atoms with van der Waals surface area (Å²) in [5.41, 5.74) is 3.14. The lowest BCUT2D eigenvalue weighted by atomic mass is 9.70. The van der Waals surface area contributed by atoms with Crippen LogP contribution in [0.15, 0.2) is 49.0 Å². The van der Waals surface area contributed by atoms with Crippen LogP contribution in [-0.4, -0.2) is 19.0 Å². The van der Waals surface area contributed by atoms with Crippen LogP contribution in [0.1, 0.15) is 76.0 Å². The summed E-state index contributed by atoms with van der Waals surface area (Å²) in [7, 11) is 0. The van der Waals surface area contributed by atoms with E-state index >= 15 is 0 Å². The fraction of sp³-hybridized carbons (Fsp3) is 0.433. The molecule has 34 heavy (non-hydrogen) atoms. The normalized spacial score (nSPS) is 12.1. The van der Waals surface area contributed by atoms with E-state index in [1.54, 1.807) is 11.3 Å². The van der Waals surface area contributed by atoms with Gasteiger partial charge in [-0.25, -0.2) is 0 Å². The Bertz CT molecular complexity index is 1180. The van der Waals surface area contributed by atoms with Gasteiger partial charge in [-0.1, -0.05) is 59.4 Å². The SMILES string of the molecule is C=C(OCC)c1cc2cc(C(CC)(CC)c3ccc(OCC(=O)C(C)(C)C)c(C)c3)ccc2s1. The monoisotopic (exact) mass is 478 g/mol. The highest BCUT2D eigenvalue weighted by Gasteiger charge is 2.31. The molecule has 182 valence electrons. The van der Waals surface area contributed by atoms with E-state index in [4.69, 9.17) is 9.47 Å². The maximum absolute atomic E-state index is 12.3. The topological polar surface area (TPSA) is 35.5 Å². The van der Waals surface area contributed by atoms with Crippen LogP contribution in [0, 0.1) is 12.3 Å². The number of ether oxygens (including phenoxy) is 2. The highest BCUT2D eigenvalue weighted by molar-refractivity contribution is 7.20. The van der Waals surface area contributed by atoms with E-state index in [0.717, 1.165) is 34.8 Å². The van der Waals surface area contributed by atoms with Gasteiger partial charge < -0.3 is 9.47 Å². The smallest absolute Gasteiger partial charge is 0.175 e. The number of hydrogen-bond acceptors (Lipinski definition) is 4. The van der Waals surface area contributed by atoms with E-state index in [-0.39, 0.29) is 17.8 Å². The lowest BCUT2D eigenvalue weighted by Gasteiger charge is -2.34. The quantitative estimate of drug-likeness (QED) is 0.275. The van der Waals surface area contributed by atoms with E-state index in [2.05, 4.69) is 63.7 Å². The molecule has 0 spiro atoms. The van der Waals surface area contributed by atoms with Gasteiger partial charge >= 0.3 is 0 Å². The third-order valence-electron chi connectivity index (χ3n) is 6.79.